The summed E-state index contributed by atoms with van der Waals surface area (Å²) in [5, 5.41) is 11.1. The van der Waals surface area contributed by atoms with Gasteiger partial charge in [-0.05, 0) is 17.4 Å². The molecule has 0 aliphatic rings. The molecule has 0 heterocycles. The topological polar surface area (TPSA) is 71.5 Å². The molecule has 0 rings (SSSR count). The molecule has 0 saturated heterocycles. The number of thiocarbonyl (C=S) groups is 1. The fraction of sp³-hybridized carbons (Fsp3) is 0. The van der Waals surface area contributed by atoms with Gasteiger partial charge in [0.25, 0.3) is 0 Å². The van der Waals surface area contributed by atoms with E-state index in [1.165, 1.54) is 0 Å². The maximum atomic E-state index is 6.37. The quantitative estimate of drug-likeness (QED) is 0.218. The van der Waals surface area contributed by atoms with Crippen LogP contribution >= 0.6 is 12.2 Å². The van der Waals surface area contributed by atoms with Gasteiger partial charge in [0.15, 0.2) is 0 Å². The first-order chi connectivity index (χ1) is 3.27. The summed E-state index contributed by atoms with van der Waals surface area (Å²) in [7, 11) is 0. The highest BCUT2D eigenvalue weighted by molar-refractivity contribution is 7.78. The molecule has 0 aromatic rings. The van der Waals surface area contributed by atoms with E-state index in [9.17, 15) is 0 Å². The van der Waals surface area contributed by atoms with Gasteiger partial charge < -0.3 is 10.6 Å². The molecule has 3 N–H and O–H groups in total. The second-order valence-electron chi connectivity index (χ2n) is 0.638. The molecule has 0 spiro atoms. The maximum Gasteiger partial charge on any atom is 0.310 e. The van der Waals surface area contributed by atoms with Crippen LogP contribution in [0.1, 0.15) is 0 Å². The van der Waals surface area contributed by atoms with E-state index >= 15 is 0 Å². The van der Waals surface area contributed by atoms with E-state index in [-0.39, 0.29) is 0 Å². The first-order valence-corrected chi connectivity index (χ1v) is 1.76. The molecule has 0 amide bonds. The van der Waals surface area contributed by atoms with Crippen molar-refractivity contribution in [2.45, 2.75) is 0 Å². The Hall–Kier alpha value is -0.930. The van der Waals surface area contributed by atoms with Crippen LogP contribution in [0.3, 0.4) is 0 Å². The summed E-state index contributed by atoms with van der Waals surface area (Å²) >= 11 is 4.08. The molecule has 0 aliphatic heterocycles. The van der Waals surface area contributed by atoms with E-state index < -0.39 is 6.02 Å². The zero-order chi connectivity index (χ0) is 5.70. The standard InChI is InChI=1S/C2H3N3OS/c3-2(4)6-5-1-7/h(H3,3,4). The highest BCUT2D eigenvalue weighted by Gasteiger charge is 1.77. The number of rotatable bonds is 1. The van der Waals surface area contributed by atoms with Crippen molar-refractivity contribution in [3.63, 3.8) is 0 Å². The Morgan fingerprint density at radius 2 is 2.57 bits per heavy atom. The largest absolute Gasteiger partial charge is 0.352 e. The third-order valence-corrected chi connectivity index (χ3v) is 0.256. The predicted molar refractivity (Wildman–Crippen MR) is 28.0 cm³/mol. The third-order valence-electron chi connectivity index (χ3n) is 0.181. The maximum absolute atomic E-state index is 6.37. The average Bonchev–Trinajstić information content (AvgIpc) is 1.61. The number of hydrogen-bond acceptors (Lipinski definition) is 4. The van der Waals surface area contributed by atoms with E-state index in [0.29, 0.717) is 0 Å². The fourth-order valence-electron chi connectivity index (χ4n) is 0.0678. The molecule has 0 aromatic heterocycles. The van der Waals surface area contributed by atoms with Crippen LogP contribution in [0.5, 0.6) is 0 Å². The van der Waals surface area contributed by atoms with Crippen molar-refractivity contribution >= 4 is 23.4 Å². The molecule has 0 aliphatic carbocycles. The minimum atomic E-state index is -0.489. The lowest BCUT2D eigenvalue weighted by Gasteiger charge is -1.83. The van der Waals surface area contributed by atoms with Gasteiger partial charge in [0.1, 0.15) is 5.16 Å². The molecule has 0 unspecified atom stereocenters. The first-order valence-electron chi connectivity index (χ1n) is 1.35. The van der Waals surface area contributed by atoms with Crippen molar-refractivity contribution in [2.24, 2.45) is 10.9 Å². The van der Waals surface area contributed by atoms with Crippen molar-refractivity contribution in [2.75, 3.05) is 0 Å². The molecule has 7 heavy (non-hydrogen) atoms. The van der Waals surface area contributed by atoms with Crippen molar-refractivity contribution in [1.82, 2.24) is 0 Å². The second kappa shape index (κ2) is 3.27. The van der Waals surface area contributed by atoms with Gasteiger partial charge in [-0.15, -0.1) is 0 Å². The monoisotopic (exact) mass is 117 g/mol. The molecule has 0 saturated carbocycles. The second-order valence-corrected chi connectivity index (χ2v) is 0.821. The van der Waals surface area contributed by atoms with Crippen molar-refractivity contribution in [3.05, 3.63) is 0 Å². The Morgan fingerprint density at radius 1 is 2.00 bits per heavy atom. The van der Waals surface area contributed by atoms with Crippen LogP contribution in [0.2, 0.25) is 0 Å². The van der Waals surface area contributed by atoms with Gasteiger partial charge in [0, 0.05) is 0 Å². The number of nitrogens with two attached hydrogens (primary N) is 1. The minimum Gasteiger partial charge on any atom is -0.352 e. The average molecular weight is 117 g/mol. The number of isothiocyanates is 1. The highest BCUT2D eigenvalue weighted by Crippen LogP contribution is 1.65. The Morgan fingerprint density at radius 3 is 2.71 bits per heavy atom. The van der Waals surface area contributed by atoms with Crippen molar-refractivity contribution < 1.29 is 4.84 Å². The molecule has 0 bridgehead atoms. The summed E-state index contributed by atoms with van der Waals surface area (Å²) in [4.78, 5) is 3.96. The number of nitrogens with one attached hydrogen (secondary N) is 1. The van der Waals surface area contributed by atoms with E-state index in [0.717, 1.165) is 0 Å². The lowest BCUT2D eigenvalue weighted by atomic mass is 11.2. The van der Waals surface area contributed by atoms with Gasteiger partial charge in [-0.2, -0.15) is 0 Å². The third kappa shape index (κ3) is 5.07. The summed E-state index contributed by atoms with van der Waals surface area (Å²) in [5.74, 6) is 0. The molecule has 0 radical (unpaired) electrons. The molecule has 4 nitrogen and oxygen atoms in total. The summed E-state index contributed by atoms with van der Waals surface area (Å²) in [6, 6.07) is -0.489. The molecule has 38 valence electrons. The van der Waals surface area contributed by atoms with E-state index in [1.54, 1.807) is 0 Å². The Bertz CT molecular complexity index is 116. The highest BCUT2D eigenvalue weighted by atomic mass is 32.1. The van der Waals surface area contributed by atoms with E-state index in [2.05, 4.69) is 27.9 Å². The van der Waals surface area contributed by atoms with Gasteiger partial charge in [0.2, 0.25) is 0 Å². The molecular formula is C2H3N3OS. The Balaban J connectivity index is 3.32. The summed E-state index contributed by atoms with van der Waals surface area (Å²) in [6.45, 7) is 0. The van der Waals surface area contributed by atoms with Crippen LogP contribution in [0.4, 0.5) is 0 Å². The van der Waals surface area contributed by atoms with Crippen molar-refractivity contribution in [3.8, 4) is 0 Å². The lowest BCUT2D eigenvalue weighted by molar-refractivity contribution is 0.323. The van der Waals surface area contributed by atoms with Crippen LogP contribution in [0.25, 0.3) is 0 Å². The zero-order valence-corrected chi connectivity index (χ0v) is 4.16. The number of hydrogen-bond donors (Lipinski definition) is 2. The van der Waals surface area contributed by atoms with Gasteiger partial charge in [-0.3, -0.25) is 0 Å². The van der Waals surface area contributed by atoms with Crippen LogP contribution in [-0.4, -0.2) is 11.2 Å². The van der Waals surface area contributed by atoms with E-state index in [4.69, 9.17) is 5.41 Å². The normalized spacial score (nSPS) is 6.29. The Kier molecular flexibility index (Phi) is 2.83. The van der Waals surface area contributed by atoms with Gasteiger partial charge >= 0.3 is 6.02 Å². The van der Waals surface area contributed by atoms with E-state index in [1.807, 2.05) is 5.16 Å². The van der Waals surface area contributed by atoms with Gasteiger partial charge in [-0.25, -0.2) is 5.41 Å². The smallest absolute Gasteiger partial charge is 0.310 e. The van der Waals surface area contributed by atoms with Crippen LogP contribution in [0, 0.1) is 5.41 Å². The van der Waals surface area contributed by atoms with Crippen LogP contribution < -0.4 is 5.73 Å². The molecule has 5 heteroatoms. The zero-order valence-electron chi connectivity index (χ0n) is 3.34. The molecular weight excluding hydrogens is 114 g/mol. The van der Waals surface area contributed by atoms with Gasteiger partial charge in [0.05, 0.1) is 0 Å². The summed E-state index contributed by atoms with van der Waals surface area (Å²) < 4.78 is 0. The van der Waals surface area contributed by atoms with Crippen LogP contribution in [0.15, 0.2) is 5.16 Å². The molecule has 0 fully saturated rings. The number of nitrogens with zero attached hydrogens (tertiary/aromatic N) is 1. The SMILES string of the molecule is N=C(N)ON=C=S. The van der Waals surface area contributed by atoms with Gasteiger partial charge in [-0.1, -0.05) is 0 Å². The molecule has 0 aromatic carbocycles. The first kappa shape index (κ1) is 6.07. The van der Waals surface area contributed by atoms with Crippen molar-refractivity contribution in [1.29, 1.82) is 5.41 Å². The predicted octanol–water partition coefficient (Wildman–Crippen LogP) is -0.0857. The minimum absolute atomic E-state index is 0.489. The Labute approximate surface area is 45.5 Å². The van der Waals surface area contributed by atoms with Crippen LogP contribution in [-0.2, 0) is 4.84 Å². The molecule has 0 atom stereocenters. The fourth-order valence-corrected chi connectivity index (χ4v) is 0.105. The lowest BCUT2D eigenvalue weighted by Crippen LogP contribution is -2.09. The summed E-state index contributed by atoms with van der Waals surface area (Å²) in [5.41, 5.74) is 4.66. The summed E-state index contributed by atoms with van der Waals surface area (Å²) in [6.07, 6.45) is 0. The number of amidine groups is 1.